The van der Waals surface area contributed by atoms with Gasteiger partial charge in [-0.2, -0.15) is 8.42 Å². The van der Waals surface area contributed by atoms with Gasteiger partial charge in [0, 0.05) is 23.7 Å². The van der Waals surface area contributed by atoms with Crippen molar-refractivity contribution in [3.8, 4) is 11.5 Å². The maximum absolute atomic E-state index is 11.8. The Balaban J connectivity index is 1.98. The molecule has 212 valence electrons. The highest BCUT2D eigenvalue weighted by molar-refractivity contribution is 7.83. The molecule has 1 fully saturated rings. The summed E-state index contributed by atoms with van der Waals surface area (Å²) < 4.78 is 44.9. The van der Waals surface area contributed by atoms with Crippen LogP contribution in [-0.2, 0) is 21.5 Å². The van der Waals surface area contributed by atoms with Gasteiger partial charge in [0.05, 0.1) is 12.0 Å². The summed E-state index contributed by atoms with van der Waals surface area (Å²) in [6.45, 7) is 11.6. The molecule has 4 N–H and O–H groups in total. The van der Waals surface area contributed by atoms with Crippen molar-refractivity contribution in [1.82, 2.24) is 4.31 Å². The number of nitrogens with zero attached hydrogens (tertiary/aromatic N) is 1. The lowest BCUT2D eigenvalue weighted by Crippen LogP contribution is -2.69. The molecule has 11 heteroatoms. The zero-order valence-electron chi connectivity index (χ0n) is 22.3. The highest BCUT2D eigenvalue weighted by Gasteiger charge is 2.58. The van der Waals surface area contributed by atoms with E-state index in [1.807, 2.05) is 13.8 Å². The molecule has 6 atom stereocenters. The molecule has 0 saturated carbocycles. The van der Waals surface area contributed by atoms with E-state index >= 15 is 0 Å². The number of aromatic hydroxyl groups is 1. The van der Waals surface area contributed by atoms with E-state index in [1.165, 1.54) is 12.5 Å². The van der Waals surface area contributed by atoms with E-state index in [4.69, 9.17) is 21.7 Å². The first kappa shape index (κ1) is 30.5. The van der Waals surface area contributed by atoms with E-state index in [9.17, 15) is 28.3 Å². The molecule has 2 unspecified atom stereocenters. The molecule has 0 amide bonds. The topological polar surface area (TPSA) is 137 Å². The molecule has 0 radical (unpaired) electrons. The van der Waals surface area contributed by atoms with E-state index in [2.05, 4.69) is 19.6 Å². The Labute approximate surface area is 230 Å². The van der Waals surface area contributed by atoms with Crippen LogP contribution in [0.5, 0.6) is 11.5 Å². The normalized spacial score (nSPS) is 26.7. The second-order valence-electron chi connectivity index (χ2n) is 10.4. The zero-order valence-corrected chi connectivity index (χ0v) is 24.0. The van der Waals surface area contributed by atoms with Gasteiger partial charge in [-0.25, -0.2) is 0 Å². The van der Waals surface area contributed by atoms with Gasteiger partial charge in [-0.1, -0.05) is 43.6 Å². The first-order valence-electron chi connectivity index (χ1n) is 12.9. The fourth-order valence-electron chi connectivity index (χ4n) is 5.35. The minimum Gasteiger partial charge on any atom is -0.507 e. The summed E-state index contributed by atoms with van der Waals surface area (Å²) in [5.74, 6) is -0.906. The molecule has 1 aliphatic carbocycles. The summed E-state index contributed by atoms with van der Waals surface area (Å²) in [6, 6.07) is 3.54. The third-order valence-corrected chi connectivity index (χ3v) is 8.52. The van der Waals surface area contributed by atoms with Gasteiger partial charge < -0.3 is 24.8 Å². The monoisotopic (exact) mass is 569 g/mol. The van der Waals surface area contributed by atoms with Crippen molar-refractivity contribution in [2.75, 3.05) is 0 Å². The average Bonchev–Trinajstić information content (AvgIpc) is 2.77. The van der Waals surface area contributed by atoms with Crippen molar-refractivity contribution in [3.05, 3.63) is 47.1 Å². The molecule has 0 bridgehead atoms. The molecule has 1 aromatic carbocycles. The number of aliphatic hydroxyl groups excluding tert-OH is 2. The summed E-state index contributed by atoms with van der Waals surface area (Å²) in [5, 5.41) is 30.9. The highest BCUT2D eigenvalue weighted by Crippen LogP contribution is 2.47. The van der Waals surface area contributed by atoms with Crippen molar-refractivity contribution in [2.45, 2.75) is 90.7 Å². The number of allylic oxidation sites excluding steroid dienone is 3. The van der Waals surface area contributed by atoms with Crippen LogP contribution in [-0.4, -0.2) is 56.4 Å². The lowest BCUT2D eigenvalue weighted by atomic mass is 9.73. The minimum atomic E-state index is -4.85. The molecule has 3 rings (SSSR count). The van der Waals surface area contributed by atoms with E-state index in [-0.39, 0.29) is 23.3 Å². The van der Waals surface area contributed by atoms with Crippen molar-refractivity contribution in [3.63, 3.8) is 0 Å². The Morgan fingerprint density at radius 1 is 1.32 bits per heavy atom. The lowest BCUT2D eigenvalue weighted by molar-refractivity contribution is -0.230. The molecule has 1 aliphatic heterocycles. The second-order valence-corrected chi connectivity index (χ2v) is 12.1. The first-order valence-corrected chi connectivity index (χ1v) is 14.8. The summed E-state index contributed by atoms with van der Waals surface area (Å²) >= 11 is 5.30. The third-order valence-electron chi connectivity index (χ3n) is 7.38. The SMILES string of the molecule is C=C(C)[C@@H]1CCC(C)=C[C@H]1c1c(O)cc(CCCCC)cc1OC(=S)OC1[C@@H]([C@@H](C)O)C(O)N1S(=O)(=O)O. The van der Waals surface area contributed by atoms with Crippen molar-refractivity contribution in [1.29, 1.82) is 0 Å². The standard InChI is InChI=1S/C27H39NO8S2/c1-6-7-8-9-18-13-21(30)24(20-12-16(4)10-11-19(20)15(2)3)22(14-18)35-27(37)36-26-23(17(5)29)25(31)28(26)38(32,33)34/h12-14,17,19-20,23,25-26,29-31H,2,6-11H2,1,3-5H3,(H,32,33,34)/t17-,19+,20-,23+,25?,26?/m1/s1. The predicted molar refractivity (Wildman–Crippen MR) is 148 cm³/mol. The van der Waals surface area contributed by atoms with Crippen LogP contribution in [0.2, 0.25) is 0 Å². The number of rotatable bonds is 10. The van der Waals surface area contributed by atoms with E-state index in [0.717, 1.165) is 43.2 Å². The number of hydrogen-bond donors (Lipinski definition) is 4. The number of aryl methyl sites for hydroxylation is 1. The van der Waals surface area contributed by atoms with Crippen LogP contribution in [0.15, 0.2) is 35.9 Å². The lowest BCUT2D eigenvalue weighted by Gasteiger charge is -2.49. The van der Waals surface area contributed by atoms with Gasteiger partial charge in [0.15, 0.2) is 6.23 Å². The van der Waals surface area contributed by atoms with Crippen LogP contribution in [0, 0.1) is 11.8 Å². The van der Waals surface area contributed by atoms with Gasteiger partial charge in [-0.3, -0.25) is 4.55 Å². The maximum atomic E-state index is 11.8. The molecule has 9 nitrogen and oxygen atoms in total. The summed E-state index contributed by atoms with van der Waals surface area (Å²) in [4.78, 5) is 0. The number of phenols is 1. The number of thiocarbonyl (C=S) groups is 1. The molecular formula is C27H39NO8S2. The number of aliphatic hydroxyl groups is 2. The van der Waals surface area contributed by atoms with Crippen molar-refractivity contribution < 1.29 is 37.8 Å². The van der Waals surface area contributed by atoms with Gasteiger partial charge in [-0.05, 0) is 70.1 Å². The summed E-state index contributed by atoms with van der Waals surface area (Å²) in [7, 11) is -4.85. The van der Waals surface area contributed by atoms with E-state index in [1.54, 1.807) is 12.1 Å². The quantitative estimate of drug-likeness (QED) is 0.138. The predicted octanol–water partition coefficient (Wildman–Crippen LogP) is 4.58. The van der Waals surface area contributed by atoms with E-state index in [0.29, 0.717) is 16.3 Å². The van der Waals surface area contributed by atoms with Gasteiger partial charge in [0.25, 0.3) is 0 Å². The average molecular weight is 570 g/mol. The van der Waals surface area contributed by atoms with Crippen LogP contribution < -0.4 is 4.74 Å². The van der Waals surface area contributed by atoms with Crippen LogP contribution in [0.3, 0.4) is 0 Å². The zero-order chi connectivity index (χ0) is 28.4. The van der Waals surface area contributed by atoms with Crippen molar-refractivity contribution >= 4 is 27.8 Å². The molecule has 38 heavy (non-hydrogen) atoms. The Hall–Kier alpha value is -2.02. The Kier molecular flexibility index (Phi) is 9.99. The van der Waals surface area contributed by atoms with Crippen LogP contribution in [0.4, 0.5) is 0 Å². The van der Waals surface area contributed by atoms with Crippen LogP contribution in [0.1, 0.15) is 76.8 Å². The van der Waals surface area contributed by atoms with Gasteiger partial charge in [0.1, 0.15) is 17.7 Å². The molecular weight excluding hydrogens is 530 g/mol. The van der Waals surface area contributed by atoms with E-state index < -0.39 is 40.0 Å². The van der Waals surface area contributed by atoms with Gasteiger partial charge in [0.2, 0.25) is 0 Å². The number of unbranched alkanes of at least 4 members (excludes halogenated alkanes) is 2. The number of phenolic OH excluding ortho intramolecular Hbond substituents is 1. The fourth-order valence-corrected chi connectivity index (χ4v) is 6.40. The number of hydrogen-bond acceptors (Lipinski definition) is 8. The van der Waals surface area contributed by atoms with Gasteiger partial charge >= 0.3 is 15.5 Å². The largest absolute Gasteiger partial charge is 0.507 e. The molecule has 0 aromatic heterocycles. The maximum Gasteiger partial charge on any atom is 0.359 e. The molecule has 2 aliphatic rings. The van der Waals surface area contributed by atoms with Crippen LogP contribution >= 0.6 is 12.2 Å². The number of benzene rings is 1. The molecule has 0 spiro atoms. The highest BCUT2D eigenvalue weighted by atomic mass is 32.2. The Bertz CT molecular complexity index is 1180. The molecule has 1 aromatic rings. The minimum absolute atomic E-state index is 0.0551. The van der Waals surface area contributed by atoms with Crippen molar-refractivity contribution in [2.24, 2.45) is 11.8 Å². The summed E-state index contributed by atoms with van der Waals surface area (Å²) in [5.41, 5.74) is 3.52. The van der Waals surface area contributed by atoms with Gasteiger partial charge in [-0.15, -0.1) is 4.31 Å². The molecule has 1 saturated heterocycles. The molecule has 1 heterocycles. The smallest absolute Gasteiger partial charge is 0.359 e. The summed E-state index contributed by atoms with van der Waals surface area (Å²) in [6.07, 6.45) is 3.25. The first-order chi connectivity index (χ1) is 17.8. The Morgan fingerprint density at radius 3 is 2.58 bits per heavy atom. The number of ether oxygens (including phenoxy) is 2. The Morgan fingerprint density at radius 2 is 2.00 bits per heavy atom. The second kappa shape index (κ2) is 12.4. The fraction of sp³-hybridized carbons (Fsp3) is 0.593. The third kappa shape index (κ3) is 6.75. The van der Waals surface area contributed by atoms with Crippen LogP contribution in [0.25, 0.3) is 0 Å².